The van der Waals surface area contributed by atoms with Crippen molar-refractivity contribution in [3.05, 3.63) is 41.5 Å². The maximum absolute atomic E-state index is 6.31. The van der Waals surface area contributed by atoms with Gasteiger partial charge in [-0.15, -0.1) is 12.4 Å². The van der Waals surface area contributed by atoms with Crippen LogP contribution in [0.15, 0.2) is 28.8 Å². The zero-order chi connectivity index (χ0) is 14.7. The van der Waals surface area contributed by atoms with Gasteiger partial charge in [0.1, 0.15) is 5.75 Å². The Morgan fingerprint density at radius 1 is 1.18 bits per heavy atom. The fraction of sp³-hybridized carbons (Fsp3) is 0.375. The van der Waals surface area contributed by atoms with E-state index in [-0.39, 0.29) is 12.4 Å². The third kappa shape index (κ3) is 3.48. The average Bonchev–Trinajstić information content (AvgIpc) is 3.15. The molecule has 0 bridgehead atoms. The Morgan fingerprint density at radius 3 is 2.50 bits per heavy atom. The summed E-state index contributed by atoms with van der Waals surface area (Å²) in [6.07, 6.45) is 7.83. The second-order valence-corrected chi connectivity index (χ2v) is 5.43. The molecule has 1 aliphatic rings. The Morgan fingerprint density at radius 2 is 1.86 bits per heavy atom. The van der Waals surface area contributed by atoms with Crippen molar-refractivity contribution in [2.45, 2.75) is 31.2 Å². The molecule has 2 aromatic rings. The maximum Gasteiger partial charge on any atom is 0.250 e. The minimum absolute atomic E-state index is 0. The molecule has 0 aliphatic heterocycles. The van der Waals surface area contributed by atoms with Gasteiger partial charge in [-0.1, -0.05) is 30.1 Å². The van der Waals surface area contributed by atoms with Gasteiger partial charge in [-0.2, -0.15) is 4.98 Å². The van der Waals surface area contributed by atoms with Crippen LogP contribution in [0.2, 0.25) is 0 Å². The summed E-state index contributed by atoms with van der Waals surface area (Å²) < 4.78 is 10.4. The van der Waals surface area contributed by atoms with Crippen molar-refractivity contribution in [3.8, 4) is 5.75 Å². The Balaban J connectivity index is 0.00000176. The predicted molar refractivity (Wildman–Crippen MR) is 87.8 cm³/mol. The van der Waals surface area contributed by atoms with Crippen molar-refractivity contribution >= 4 is 24.6 Å². The molecular formula is C16H20ClN3O2. The molecule has 0 spiro atoms. The van der Waals surface area contributed by atoms with Gasteiger partial charge in [-0.05, 0) is 36.6 Å². The quantitative estimate of drug-likeness (QED) is 0.934. The van der Waals surface area contributed by atoms with E-state index in [0.29, 0.717) is 11.7 Å². The molecule has 1 fully saturated rings. The van der Waals surface area contributed by atoms with Crippen LogP contribution in [-0.2, 0) is 5.54 Å². The summed E-state index contributed by atoms with van der Waals surface area (Å²) in [5, 5.41) is 4.03. The molecule has 0 unspecified atom stereocenters. The molecule has 0 amide bonds. The molecule has 6 heteroatoms. The number of methoxy groups -OCH3 is 1. The SMILES string of the molecule is COc1ccc(/C=C/c2nc(C3(N)CCCC3)no2)cc1.Cl. The molecule has 1 aromatic heterocycles. The second kappa shape index (κ2) is 6.94. The first-order valence-corrected chi connectivity index (χ1v) is 7.15. The molecule has 0 radical (unpaired) electrons. The molecule has 0 saturated heterocycles. The lowest BCUT2D eigenvalue weighted by Gasteiger charge is -2.17. The lowest BCUT2D eigenvalue weighted by atomic mass is 9.99. The van der Waals surface area contributed by atoms with Gasteiger partial charge in [-0.3, -0.25) is 0 Å². The first kappa shape index (κ1) is 16.5. The first-order chi connectivity index (χ1) is 10.2. The van der Waals surface area contributed by atoms with E-state index < -0.39 is 5.54 Å². The molecule has 5 nitrogen and oxygen atoms in total. The van der Waals surface area contributed by atoms with Gasteiger partial charge in [0.15, 0.2) is 5.82 Å². The smallest absolute Gasteiger partial charge is 0.250 e. The normalized spacial score (nSPS) is 16.6. The van der Waals surface area contributed by atoms with E-state index in [1.807, 2.05) is 30.3 Å². The largest absolute Gasteiger partial charge is 0.497 e. The molecule has 1 aromatic carbocycles. The maximum atomic E-state index is 6.31. The van der Waals surface area contributed by atoms with Gasteiger partial charge in [-0.25, -0.2) is 0 Å². The minimum atomic E-state index is -0.407. The molecule has 1 heterocycles. The number of ether oxygens (including phenoxy) is 1. The van der Waals surface area contributed by atoms with E-state index in [2.05, 4.69) is 10.1 Å². The standard InChI is InChI=1S/C16H19N3O2.ClH/c1-20-13-7-4-12(5-8-13)6-9-14-18-15(19-21-14)16(17)10-2-3-11-16;/h4-9H,2-3,10-11,17H2,1H3;1H/b9-6+;. The van der Waals surface area contributed by atoms with Gasteiger partial charge in [0.2, 0.25) is 0 Å². The summed E-state index contributed by atoms with van der Waals surface area (Å²) in [5.41, 5.74) is 6.94. The van der Waals surface area contributed by atoms with Crippen LogP contribution in [0.25, 0.3) is 12.2 Å². The summed E-state index contributed by atoms with van der Waals surface area (Å²) in [6, 6.07) is 7.75. The predicted octanol–water partition coefficient (Wildman–Crippen LogP) is 3.40. The van der Waals surface area contributed by atoms with Crippen molar-refractivity contribution in [2.24, 2.45) is 5.73 Å². The van der Waals surface area contributed by atoms with Gasteiger partial charge < -0.3 is 15.0 Å². The topological polar surface area (TPSA) is 74.2 Å². The van der Waals surface area contributed by atoms with Crippen molar-refractivity contribution < 1.29 is 9.26 Å². The van der Waals surface area contributed by atoms with Gasteiger partial charge in [0.25, 0.3) is 5.89 Å². The van der Waals surface area contributed by atoms with E-state index >= 15 is 0 Å². The van der Waals surface area contributed by atoms with Gasteiger partial charge in [0.05, 0.1) is 12.6 Å². The Bertz CT molecular complexity index is 631. The fourth-order valence-electron chi connectivity index (χ4n) is 2.62. The van der Waals surface area contributed by atoms with Crippen LogP contribution in [0.1, 0.15) is 43.0 Å². The summed E-state index contributed by atoms with van der Waals surface area (Å²) >= 11 is 0. The molecule has 1 aliphatic carbocycles. The zero-order valence-corrected chi connectivity index (χ0v) is 13.3. The van der Waals surface area contributed by atoms with Crippen molar-refractivity contribution in [3.63, 3.8) is 0 Å². The zero-order valence-electron chi connectivity index (χ0n) is 12.5. The highest BCUT2D eigenvalue weighted by molar-refractivity contribution is 5.85. The van der Waals surface area contributed by atoms with Crippen LogP contribution in [0, 0.1) is 0 Å². The summed E-state index contributed by atoms with van der Waals surface area (Å²) in [5.74, 6) is 1.94. The number of nitrogens with zero attached hydrogens (tertiary/aromatic N) is 2. The van der Waals surface area contributed by atoms with Crippen LogP contribution in [0.5, 0.6) is 5.75 Å². The Kier molecular flexibility index (Phi) is 5.21. The lowest BCUT2D eigenvalue weighted by Crippen LogP contribution is -2.34. The molecule has 0 atom stereocenters. The highest BCUT2D eigenvalue weighted by Crippen LogP contribution is 2.34. The molecular weight excluding hydrogens is 302 g/mol. The number of aromatic nitrogens is 2. The minimum Gasteiger partial charge on any atom is -0.497 e. The Hall–Kier alpha value is -1.85. The highest BCUT2D eigenvalue weighted by Gasteiger charge is 2.35. The van der Waals surface area contributed by atoms with E-state index in [9.17, 15) is 0 Å². The fourth-order valence-corrected chi connectivity index (χ4v) is 2.62. The summed E-state index contributed by atoms with van der Waals surface area (Å²) in [7, 11) is 1.65. The van der Waals surface area contributed by atoms with E-state index in [0.717, 1.165) is 37.0 Å². The number of rotatable bonds is 4. The van der Waals surface area contributed by atoms with Crippen LogP contribution in [0.3, 0.4) is 0 Å². The van der Waals surface area contributed by atoms with E-state index in [1.165, 1.54) is 0 Å². The van der Waals surface area contributed by atoms with Crippen molar-refractivity contribution in [1.82, 2.24) is 10.1 Å². The number of benzene rings is 1. The third-order valence-electron chi connectivity index (χ3n) is 3.92. The molecule has 118 valence electrons. The molecule has 1 saturated carbocycles. The summed E-state index contributed by atoms with van der Waals surface area (Å²) in [4.78, 5) is 4.40. The van der Waals surface area contributed by atoms with Crippen LogP contribution in [0.4, 0.5) is 0 Å². The van der Waals surface area contributed by atoms with Crippen LogP contribution >= 0.6 is 12.4 Å². The highest BCUT2D eigenvalue weighted by atomic mass is 35.5. The number of halogens is 1. The van der Waals surface area contributed by atoms with E-state index in [1.54, 1.807) is 13.2 Å². The Labute approximate surface area is 136 Å². The first-order valence-electron chi connectivity index (χ1n) is 7.15. The van der Waals surface area contributed by atoms with Crippen molar-refractivity contribution in [1.29, 1.82) is 0 Å². The molecule has 2 N–H and O–H groups in total. The second-order valence-electron chi connectivity index (χ2n) is 5.43. The monoisotopic (exact) mass is 321 g/mol. The van der Waals surface area contributed by atoms with Gasteiger partial charge in [0, 0.05) is 6.08 Å². The number of hydrogen-bond acceptors (Lipinski definition) is 5. The average molecular weight is 322 g/mol. The van der Waals surface area contributed by atoms with Crippen LogP contribution < -0.4 is 10.5 Å². The van der Waals surface area contributed by atoms with Crippen molar-refractivity contribution in [2.75, 3.05) is 7.11 Å². The van der Waals surface area contributed by atoms with E-state index in [4.69, 9.17) is 15.0 Å². The number of nitrogens with two attached hydrogens (primary N) is 1. The molecule has 22 heavy (non-hydrogen) atoms. The molecule has 3 rings (SSSR count). The summed E-state index contributed by atoms with van der Waals surface area (Å²) in [6.45, 7) is 0. The van der Waals surface area contributed by atoms with Gasteiger partial charge >= 0.3 is 0 Å². The number of hydrogen-bond donors (Lipinski definition) is 1. The van der Waals surface area contributed by atoms with Crippen LogP contribution in [-0.4, -0.2) is 17.3 Å². The lowest BCUT2D eigenvalue weighted by molar-refractivity contribution is 0.364. The third-order valence-corrected chi connectivity index (χ3v) is 3.92.